The summed E-state index contributed by atoms with van der Waals surface area (Å²) in [4.78, 5) is 0. The van der Waals surface area contributed by atoms with Gasteiger partial charge in [0.1, 0.15) is 0 Å². The first-order chi connectivity index (χ1) is 12.3. The van der Waals surface area contributed by atoms with Crippen LogP contribution in [0.2, 0.25) is 0 Å². The molecule has 0 aliphatic carbocycles. The van der Waals surface area contributed by atoms with Crippen LogP contribution in [-0.2, 0) is 6.42 Å². The molecule has 0 aliphatic rings. The molecule has 1 nitrogen and oxygen atoms in total. The largest absolute Gasteiger partial charge is 0.300 e. The Morgan fingerprint density at radius 1 is 0.615 bits per heavy atom. The van der Waals surface area contributed by atoms with Crippen molar-refractivity contribution in [2.24, 2.45) is 0 Å². The van der Waals surface area contributed by atoms with E-state index in [0.717, 1.165) is 17.5 Å². The number of rotatable bonds is 4. The van der Waals surface area contributed by atoms with Crippen molar-refractivity contribution in [2.75, 3.05) is 0 Å². The average molecular weight is 358 g/mol. The lowest BCUT2D eigenvalue weighted by atomic mass is 9.92. The van der Waals surface area contributed by atoms with Crippen molar-refractivity contribution in [1.29, 1.82) is 5.41 Å². The van der Waals surface area contributed by atoms with Crippen molar-refractivity contribution in [3.8, 4) is 0 Å². The highest BCUT2D eigenvalue weighted by Crippen LogP contribution is 2.24. The number of nitrogens with one attached hydrogen (secondary N) is 1. The van der Waals surface area contributed by atoms with Gasteiger partial charge in [-0.25, -0.2) is 0 Å². The Balaban J connectivity index is 0.00000196. The molecule has 0 unspecified atom stereocenters. The molecule has 0 saturated heterocycles. The maximum atomic E-state index is 8.64. The van der Waals surface area contributed by atoms with Crippen molar-refractivity contribution < 1.29 is 0 Å². The Bertz CT molecular complexity index is 1030. The molecule has 0 atom stereocenters. The maximum Gasteiger partial charge on any atom is 0.0687 e. The maximum absolute atomic E-state index is 8.64. The third-order valence-electron chi connectivity index (χ3n) is 4.61. The van der Waals surface area contributed by atoms with E-state index in [2.05, 4.69) is 60.7 Å². The van der Waals surface area contributed by atoms with Gasteiger partial charge >= 0.3 is 0 Å². The average Bonchev–Trinajstić information content (AvgIpc) is 2.69. The van der Waals surface area contributed by atoms with Gasteiger partial charge in [0.15, 0.2) is 0 Å². The lowest BCUT2D eigenvalue weighted by Crippen LogP contribution is -2.06. The van der Waals surface area contributed by atoms with Crippen LogP contribution in [0.4, 0.5) is 0 Å². The summed E-state index contributed by atoms with van der Waals surface area (Å²) in [5.41, 5.74) is 5.02. The zero-order valence-corrected chi connectivity index (χ0v) is 15.2. The Kier molecular flexibility index (Phi) is 5.50. The summed E-state index contributed by atoms with van der Waals surface area (Å²) in [6.07, 6.45) is 0.826. The molecule has 0 fully saturated rings. The van der Waals surface area contributed by atoms with Gasteiger partial charge in [-0.15, -0.1) is 12.4 Å². The van der Waals surface area contributed by atoms with Crippen LogP contribution in [0.1, 0.15) is 22.3 Å². The summed E-state index contributed by atoms with van der Waals surface area (Å²) in [5, 5.41) is 11.2. The number of hydrogen-bond acceptors (Lipinski definition) is 1. The van der Waals surface area contributed by atoms with Crippen LogP contribution in [0.25, 0.3) is 10.8 Å². The Morgan fingerprint density at radius 2 is 1.23 bits per heavy atom. The van der Waals surface area contributed by atoms with Gasteiger partial charge in [0.05, 0.1) is 5.71 Å². The van der Waals surface area contributed by atoms with Gasteiger partial charge in [0.2, 0.25) is 0 Å². The van der Waals surface area contributed by atoms with E-state index < -0.39 is 0 Å². The van der Waals surface area contributed by atoms with Crippen LogP contribution in [0.5, 0.6) is 0 Å². The van der Waals surface area contributed by atoms with Gasteiger partial charge in [0, 0.05) is 11.1 Å². The van der Waals surface area contributed by atoms with Crippen LogP contribution < -0.4 is 0 Å². The number of halogens is 1. The van der Waals surface area contributed by atoms with Crippen molar-refractivity contribution in [3.63, 3.8) is 0 Å². The molecular weight excluding hydrogens is 338 g/mol. The minimum absolute atomic E-state index is 0. The second-order valence-corrected chi connectivity index (χ2v) is 6.21. The van der Waals surface area contributed by atoms with Gasteiger partial charge in [-0.05, 0) is 28.3 Å². The highest BCUT2D eigenvalue weighted by Gasteiger charge is 2.11. The molecule has 0 spiro atoms. The van der Waals surface area contributed by atoms with Crippen LogP contribution in [-0.4, -0.2) is 5.71 Å². The quantitative estimate of drug-likeness (QED) is 0.416. The monoisotopic (exact) mass is 357 g/mol. The van der Waals surface area contributed by atoms with Gasteiger partial charge in [-0.2, -0.15) is 0 Å². The highest BCUT2D eigenvalue weighted by molar-refractivity contribution is 6.11. The summed E-state index contributed by atoms with van der Waals surface area (Å²) < 4.78 is 0. The molecule has 0 amide bonds. The fourth-order valence-electron chi connectivity index (χ4n) is 3.33. The van der Waals surface area contributed by atoms with E-state index in [0.29, 0.717) is 5.71 Å². The summed E-state index contributed by atoms with van der Waals surface area (Å²) in [5.74, 6) is 0. The summed E-state index contributed by atoms with van der Waals surface area (Å²) >= 11 is 0. The second kappa shape index (κ2) is 7.99. The summed E-state index contributed by atoms with van der Waals surface area (Å²) in [6.45, 7) is 0. The van der Waals surface area contributed by atoms with E-state index in [1.54, 1.807) is 0 Å². The Hall–Kier alpha value is -2.90. The standard InChI is InChI=1S/C24H19N.ClH/c25-24(19-10-2-1-3-11-19)23-16-7-5-12-21(23)17-20-14-8-13-18-9-4-6-15-22(18)20;/h1-16,25H,17H2;1H. The first-order valence-corrected chi connectivity index (χ1v) is 8.52. The van der Waals surface area contributed by atoms with Crippen molar-refractivity contribution in [1.82, 2.24) is 0 Å². The third kappa shape index (κ3) is 3.54. The third-order valence-corrected chi connectivity index (χ3v) is 4.61. The molecule has 0 saturated carbocycles. The molecule has 0 heterocycles. The van der Waals surface area contributed by atoms with Crippen LogP contribution >= 0.6 is 12.4 Å². The fraction of sp³-hybridized carbons (Fsp3) is 0.0417. The Labute approximate surface area is 160 Å². The summed E-state index contributed by atoms with van der Waals surface area (Å²) in [7, 11) is 0. The Morgan fingerprint density at radius 3 is 2.08 bits per heavy atom. The van der Waals surface area contributed by atoms with Gasteiger partial charge < -0.3 is 0 Å². The molecule has 26 heavy (non-hydrogen) atoms. The fourth-order valence-corrected chi connectivity index (χ4v) is 3.33. The van der Waals surface area contributed by atoms with Crippen molar-refractivity contribution in [2.45, 2.75) is 6.42 Å². The van der Waals surface area contributed by atoms with E-state index in [-0.39, 0.29) is 12.4 Å². The molecule has 0 aliphatic heterocycles. The van der Waals surface area contributed by atoms with Crippen molar-refractivity contribution >= 4 is 28.9 Å². The lowest BCUT2D eigenvalue weighted by molar-refractivity contribution is 1.20. The molecule has 2 heteroatoms. The second-order valence-electron chi connectivity index (χ2n) is 6.21. The van der Waals surface area contributed by atoms with Gasteiger partial charge in [0.25, 0.3) is 0 Å². The van der Waals surface area contributed by atoms with E-state index in [1.165, 1.54) is 21.9 Å². The summed E-state index contributed by atoms with van der Waals surface area (Å²) in [6, 6.07) is 33.1. The molecular formula is C24H20ClN. The predicted molar refractivity (Wildman–Crippen MR) is 113 cm³/mol. The number of benzene rings is 4. The van der Waals surface area contributed by atoms with E-state index in [4.69, 9.17) is 5.41 Å². The van der Waals surface area contributed by atoms with Crippen molar-refractivity contribution in [3.05, 3.63) is 119 Å². The molecule has 4 aromatic carbocycles. The minimum atomic E-state index is 0. The van der Waals surface area contributed by atoms with E-state index in [9.17, 15) is 0 Å². The first-order valence-electron chi connectivity index (χ1n) is 8.52. The van der Waals surface area contributed by atoms with E-state index >= 15 is 0 Å². The zero-order chi connectivity index (χ0) is 17.1. The predicted octanol–water partition coefficient (Wildman–Crippen LogP) is 6.27. The molecule has 0 aromatic heterocycles. The van der Waals surface area contributed by atoms with Crippen LogP contribution in [0.3, 0.4) is 0 Å². The SMILES string of the molecule is Cl.N=C(c1ccccc1)c1ccccc1Cc1cccc2ccccc12. The van der Waals surface area contributed by atoms with Crippen LogP contribution in [0, 0.1) is 5.41 Å². The molecule has 128 valence electrons. The molecule has 4 aromatic rings. The molecule has 0 bridgehead atoms. The molecule has 1 N–H and O–H groups in total. The normalized spacial score (nSPS) is 10.3. The highest BCUT2D eigenvalue weighted by atomic mass is 35.5. The van der Waals surface area contributed by atoms with E-state index in [1.807, 2.05) is 36.4 Å². The number of fused-ring (bicyclic) bond motifs is 1. The lowest BCUT2D eigenvalue weighted by Gasteiger charge is -2.13. The number of hydrogen-bond donors (Lipinski definition) is 1. The first kappa shape index (κ1) is 17.9. The van der Waals surface area contributed by atoms with Crippen LogP contribution in [0.15, 0.2) is 97.1 Å². The molecule has 0 radical (unpaired) electrons. The smallest absolute Gasteiger partial charge is 0.0687 e. The molecule has 4 rings (SSSR count). The van der Waals surface area contributed by atoms with Gasteiger partial charge in [-0.1, -0.05) is 97.1 Å². The zero-order valence-electron chi connectivity index (χ0n) is 14.4. The topological polar surface area (TPSA) is 23.9 Å². The van der Waals surface area contributed by atoms with Gasteiger partial charge in [-0.3, -0.25) is 5.41 Å². The minimum Gasteiger partial charge on any atom is -0.300 e.